The Kier molecular flexibility index (Phi) is 6.05. The molecule has 1 rings (SSSR count). The minimum Gasteiger partial charge on any atom is -0.375 e. The first-order chi connectivity index (χ1) is 7.22. The van der Waals surface area contributed by atoms with E-state index in [1.807, 2.05) is 6.26 Å². The van der Waals surface area contributed by atoms with Crippen LogP contribution < -0.4 is 10.6 Å². The van der Waals surface area contributed by atoms with Crippen LogP contribution in [0.5, 0.6) is 0 Å². The van der Waals surface area contributed by atoms with Crippen molar-refractivity contribution in [2.45, 2.75) is 24.7 Å². The maximum Gasteiger partial charge on any atom is 0.222 e. The smallest absolute Gasteiger partial charge is 0.222 e. The van der Waals surface area contributed by atoms with Crippen LogP contribution in [-0.2, 0) is 9.53 Å². The fourth-order valence-electron chi connectivity index (χ4n) is 1.13. The van der Waals surface area contributed by atoms with Crippen LogP contribution in [0.25, 0.3) is 0 Å². The highest BCUT2D eigenvalue weighted by Crippen LogP contribution is 2.03. The van der Waals surface area contributed by atoms with Crippen molar-refractivity contribution < 1.29 is 9.53 Å². The number of hydrogen-bond donors (Lipinski definition) is 2. The summed E-state index contributed by atoms with van der Waals surface area (Å²) in [7, 11) is 0. The maximum atomic E-state index is 11.3. The van der Waals surface area contributed by atoms with E-state index in [0.717, 1.165) is 19.6 Å². The molecule has 2 N–H and O–H groups in total. The molecule has 1 fully saturated rings. The summed E-state index contributed by atoms with van der Waals surface area (Å²) >= 11 is 1.75. The zero-order chi connectivity index (χ0) is 11.1. The van der Waals surface area contributed by atoms with Gasteiger partial charge >= 0.3 is 0 Å². The molecule has 1 aliphatic heterocycles. The van der Waals surface area contributed by atoms with Gasteiger partial charge in [0.25, 0.3) is 0 Å². The van der Waals surface area contributed by atoms with Crippen LogP contribution in [0, 0.1) is 0 Å². The third kappa shape index (κ3) is 5.39. The Labute approximate surface area is 95.5 Å². The third-order valence-corrected chi connectivity index (χ3v) is 3.39. The third-order valence-electron chi connectivity index (χ3n) is 2.42. The van der Waals surface area contributed by atoms with Crippen LogP contribution in [0.2, 0.25) is 0 Å². The van der Waals surface area contributed by atoms with Gasteiger partial charge in [-0.2, -0.15) is 11.8 Å². The molecule has 0 radical (unpaired) electrons. The van der Waals surface area contributed by atoms with Crippen molar-refractivity contribution in [3.05, 3.63) is 0 Å². The fourth-order valence-corrected chi connectivity index (χ4v) is 1.38. The van der Waals surface area contributed by atoms with Gasteiger partial charge in [0.2, 0.25) is 5.91 Å². The number of hydrogen-bond acceptors (Lipinski definition) is 4. The molecule has 1 unspecified atom stereocenters. The molecule has 1 atom stereocenters. The van der Waals surface area contributed by atoms with E-state index in [1.54, 1.807) is 11.8 Å². The lowest BCUT2D eigenvalue weighted by Crippen LogP contribution is -2.48. The van der Waals surface area contributed by atoms with E-state index in [9.17, 15) is 4.79 Å². The molecule has 0 aliphatic carbocycles. The summed E-state index contributed by atoms with van der Waals surface area (Å²) in [6.07, 6.45) is 2.84. The number of rotatable bonds is 7. The molecular formula is C10H20N2O2S. The molecule has 0 aromatic carbocycles. The summed E-state index contributed by atoms with van der Waals surface area (Å²) < 4.78 is 5.45. The van der Waals surface area contributed by atoms with Crippen LogP contribution >= 0.6 is 11.8 Å². The lowest BCUT2D eigenvalue weighted by molar-refractivity contribution is -0.122. The molecule has 15 heavy (non-hydrogen) atoms. The Balaban J connectivity index is 1.93. The normalized spacial score (nSPS) is 18.3. The molecule has 0 saturated carbocycles. The SMILES string of the molecule is CSC(C)CNC(=O)CCOC1CNC1. The number of nitrogens with one attached hydrogen (secondary N) is 2. The van der Waals surface area contributed by atoms with Crippen LogP contribution in [0.4, 0.5) is 0 Å². The minimum atomic E-state index is 0.0863. The first kappa shape index (κ1) is 12.8. The largest absolute Gasteiger partial charge is 0.375 e. The van der Waals surface area contributed by atoms with Crippen molar-refractivity contribution in [1.29, 1.82) is 0 Å². The average molecular weight is 232 g/mol. The van der Waals surface area contributed by atoms with Gasteiger partial charge in [-0.1, -0.05) is 6.92 Å². The molecule has 1 saturated heterocycles. The minimum absolute atomic E-state index is 0.0863. The summed E-state index contributed by atoms with van der Waals surface area (Å²) in [5, 5.41) is 6.48. The first-order valence-electron chi connectivity index (χ1n) is 5.34. The van der Waals surface area contributed by atoms with E-state index in [-0.39, 0.29) is 5.91 Å². The average Bonchev–Trinajstić information content (AvgIpc) is 2.18. The fraction of sp³-hybridized carbons (Fsp3) is 0.900. The Hall–Kier alpha value is -0.260. The number of amides is 1. The second-order valence-corrected chi connectivity index (χ2v) is 5.03. The summed E-state index contributed by atoms with van der Waals surface area (Å²) in [5.74, 6) is 0.0863. The van der Waals surface area contributed by atoms with Crippen molar-refractivity contribution in [3.8, 4) is 0 Å². The number of thioether (sulfide) groups is 1. The standard InChI is InChI=1S/C10H20N2O2S/c1-8(15-2)5-12-10(13)3-4-14-9-6-11-7-9/h8-9,11H,3-7H2,1-2H3,(H,12,13). The van der Waals surface area contributed by atoms with Gasteiger partial charge in [-0.15, -0.1) is 0 Å². The van der Waals surface area contributed by atoms with Crippen LogP contribution in [0.1, 0.15) is 13.3 Å². The molecule has 0 aromatic rings. The maximum absolute atomic E-state index is 11.3. The monoisotopic (exact) mass is 232 g/mol. The highest BCUT2D eigenvalue weighted by molar-refractivity contribution is 7.99. The zero-order valence-corrected chi connectivity index (χ0v) is 10.2. The van der Waals surface area contributed by atoms with Crippen molar-refractivity contribution in [2.75, 3.05) is 32.5 Å². The Morgan fingerprint density at radius 2 is 2.40 bits per heavy atom. The molecule has 1 amide bonds. The molecule has 5 heteroatoms. The predicted molar refractivity (Wildman–Crippen MR) is 63.2 cm³/mol. The quantitative estimate of drug-likeness (QED) is 0.660. The van der Waals surface area contributed by atoms with E-state index in [4.69, 9.17) is 4.74 Å². The Morgan fingerprint density at radius 3 is 2.93 bits per heavy atom. The predicted octanol–water partition coefficient (Wildman–Crippen LogP) is 0.233. The second-order valence-electron chi connectivity index (χ2n) is 3.75. The topological polar surface area (TPSA) is 50.4 Å². The number of ether oxygens (including phenoxy) is 1. The summed E-state index contributed by atoms with van der Waals surface area (Å²) in [5.41, 5.74) is 0. The number of carbonyl (C=O) groups is 1. The second kappa shape index (κ2) is 7.09. The van der Waals surface area contributed by atoms with Crippen molar-refractivity contribution in [1.82, 2.24) is 10.6 Å². The van der Waals surface area contributed by atoms with Gasteiger partial charge in [0.15, 0.2) is 0 Å². The van der Waals surface area contributed by atoms with Gasteiger partial charge in [0, 0.05) is 31.3 Å². The molecule has 1 heterocycles. The van der Waals surface area contributed by atoms with Crippen molar-refractivity contribution in [2.24, 2.45) is 0 Å². The summed E-state index contributed by atoms with van der Waals surface area (Å²) in [6.45, 7) is 5.22. The van der Waals surface area contributed by atoms with Crippen LogP contribution in [0.3, 0.4) is 0 Å². The lowest BCUT2D eigenvalue weighted by Gasteiger charge is -2.26. The van der Waals surface area contributed by atoms with Gasteiger partial charge in [-0.05, 0) is 6.26 Å². The molecule has 0 aromatic heterocycles. The highest BCUT2D eigenvalue weighted by Gasteiger charge is 2.16. The zero-order valence-electron chi connectivity index (χ0n) is 9.41. The molecule has 4 nitrogen and oxygen atoms in total. The van der Waals surface area contributed by atoms with Crippen molar-refractivity contribution in [3.63, 3.8) is 0 Å². The Morgan fingerprint density at radius 1 is 1.67 bits per heavy atom. The van der Waals surface area contributed by atoms with E-state index >= 15 is 0 Å². The van der Waals surface area contributed by atoms with Crippen LogP contribution in [0.15, 0.2) is 0 Å². The van der Waals surface area contributed by atoms with E-state index in [1.165, 1.54) is 0 Å². The molecule has 0 spiro atoms. The number of carbonyl (C=O) groups excluding carboxylic acids is 1. The van der Waals surface area contributed by atoms with Gasteiger partial charge in [-0.25, -0.2) is 0 Å². The van der Waals surface area contributed by atoms with Crippen LogP contribution in [-0.4, -0.2) is 49.8 Å². The molecule has 88 valence electrons. The van der Waals surface area contributed by atoms with Gasteiger partial charge in [0.05, 0.1) is 12.7 Å². The molecule has 0 bridgehead atoms. The van der Waals surface area contributed by atoms with Gasteiger partial charge < -0.3 is 15.4 Å². The lowest BCUT2D eigenvalue weighted by atomic mass is 10.2. The van der Waals surface area contributed by atoms with Gasteiger partial charge in [-0.3, -0.25) is 4.79 Å². The molecule has 1 aliphatic rings. The van der Waals surface area contributed by atoms with Gasteiger partial charge in [0.1, 0.15) is 0 Å². The summed E-state index contributed by atoms with van der Waals surface area (Å²) in [6, 6.07) is 0. The summed E-state index contributed by atoms with van der Waals surface area (Å²) in [4.78, 5) is 11.3. The van der Waals surface area contributed by atoms with E-state index in [2.05, 4.69) is 17.6 Å². The molecular weight excluding hydrogens is 212 g/mol. The Bertz CT molecular complexity index is 198. The van der Waals surface area contributed by atoms with E-state index in [0.29, 0.717) is 24.4 Å². The van der Waals surface area contributed by atoms with E-state index < -0.39 is 0 Å². The van der Waals surface area contributed by atoms with Crippen molar-refractivity contribution >= 4 is 17.7 Å². The highest BCUT2D eigenvalue weighted by atomic mass is 32.2. The first-order valence-corrected chi connectivity index (χ1v) is 6.63.